The highest BCUT2D eigenvalue weighted by Gasteiger charge is 2.29. The molecule has 0 spiro atoms. The summed E-state index contributed by atoms with van der Waals surface area (Å²) in [5, 5.41) is 14.9. The highest BCUT2D eigenvalue weighted by Crippen LogP contribution is 2.44. The predicted molar refractivity (Wildman–Crippen MR) is 117 cm³/mol. The summed E-state index contributed by atoms with van der Waals surface area (Å²) in [5.41, 5.74) is 5.21. The molecule has 3 N–H and O–H groups in total. The Morgan fingerprint density at radius 2 is 1.71 bits per heavy atom. The average molecular weight is 417 g/mol. The van der Waals surface area contributed by atoms with Gasteiger partial charge in [0.1, 0.15) is 18.5 Å². The fraction of sp³-hybridized carbons (Fsp3) is 0.208. The van der Waals surface area contributed by atoms with Crippen molar-refractivity contribution in [3.8, 4) is 11.1 Å². The largest absolute Gasteiger partial charge is 0.480 e. The summed E-state index contributed by atoms with van der Waals surface area (Å²) in [4.78, 5) is 28.2. The minimum Gasteiger partial charge on any atom is -0.480 e. The average Bonchev–Trinajstić information content (AvgIpc) is 3.11. The first-order valence-electron chi connectivity index (χ1n) is 10.0. The van der Waals surface area contributed by atoms with E-state index in [2.05, 4.69) is 27.8 Å². The Morgan fingerprint density at radius 1 is 1.06 bits per heavy atom. The number of benzene rings is 2. The Labute approximate surface area is 180 Å². The summed E-state index contributed by atoms with van der Waals surface area (Å²) in [7, 11) is 1.73. The van der Waals surface area contributed by atoms with Gasteiger partial charge < -0.3 is 20.5 Å². The second-order valence-electron chi connectivity index (χ2n) is 7.36. The maximum absolute atomic E-state index is 12.4. The van der Waals surface area contributed by atoms with Crippen LogP contribution >= 0.6 is 0 Å². The lowest BCUT2D eigenvalue weighted by Gasteiger charge is -2.17. The standard InChI is InChI=1S/C24H23N3O4/c1-25-22-13-15(10-11-26-22)12-21(23(28)29)27-24(30)31-14-20-18-8-4-2-6-16(18)17-7-3-5-9-19(17)20/h2-11,13,20-21H,12,14H2,1H3,(H,25,26)(H,27,30)(H,28,29). The molecule has 4 rings (SSSR count). The lowest BCUT2D eigenvalue weighted by atomic mass is 9.98. The number of rotatable bonds is 7. The quantitative estimate of drug-likeness (QED) is 0.542. The monoisotopic (exact) mass is 417 g/mol. The topological polar surface area (TPSA) is 101 Å². The molecule has 2 aromatic carbocycles. The van der Waals surface area contributed by atoms with Gasteiger partial charge in [-0.1, -0.05) is 48.5 Å². The molecule has 0 aliphatic heterocycles. The third-order valence-electron chi connectivity index (χ3n) is 5.45. The number of hydrogen-bond acceptors (Lipinski definition) is 5. The molecular formula is C24H23N3O4. The fourth-order valence-corrected chi connectivity index (χ4v) is 3.96. The molecule has 1 atom stereocenters. The third kappa shape index (κ3) is 4.35. The van der Waals surface area contributed by atoms with Gasteiger partial charge in [-0.15, -0.1) is 0 Å². The Morgan fingerprint density at radius 3 is 2.32 bits per heavy atom. The number of ether oxygens (including phenoxy) is 1. The van der Waals surface area contributed by atoms with Gasteiger partial charge in [-0.2, -0.15) is 0 Å². The van der Waals surface area contributed by atoms with Crippen LogP contribution in [0.15, 0.2) is 66.9 Å². The first-order chi connectivity index (χ1) is 15.1. The molecule has 1 amide bonds. The van der Waals surface area contributed by atoms with Crippen LogP contribution in [-0.4, -0.2) is 41.8 Å². The number of aromatic nitrogens is 1. The Bertz CT molecular complexity index is 1070. The van der Waals surface area contributed by atoms with E-state index in [1.165, 1.54) is 0 Å². The summed E-state index contributed by atoms with van der Waals surface area (Å²) >= 11 is 0. The Hall–Kier alpha value is -3.87. The van der Waals surface area contributed by atoms with Crippen molar-refractivity contribution < 1.29 is 19.4 Å². The van der Waals surface area contributed by atoms with Crippen molar-refractivity contribution in [2.75, 3.05) is 19.0 Å². The molecule has 0 saturated heterocycles. The second kappa shape index (κ2) is 8.87. The summed E-state index contributed by atoms with van der Waals surface area (Å²) in [6, 6.07) is 18.4. The lowest BCUT2D eigenvalue weighted by molar-refractivity contribution is -0.139. The number of carboxylic acid groups (broad SMARTS) is 1. The fourth-order valence-electron chi connectivity index (χ4n) is 3.96. The van der Waals surface area contributed by atoms with Crippen molar-refractivity contribution in [2.24, 2.45) is 0 Å². The molecule has 0 bridgehead atoms. The highest BCUT2D eigenvalue weighted by atomic mass is 16.5. The SMILES string of the molecule is CNc1cc(CC(NC(=O)OCC2c3ccccc3-c3ccccc32)C(=O)O)ccn1. The molecular weight excluding hydrogens is 394 g/mol. The number of carbonyl (C=O) groups excluding carboxylic acids is 1. The van der Waals surface area contributed by atoms with E-state index in [1.807, 2.05) is 36.4 Å². The molecule has 1 heterocycles. The van der Waals surface area contributed by atoms with E-state index < -0.39 is 18.1 Å². The van der Waals surface area contributed by atoms with Gasteiger partial charge in [-0.05, 0) is 39.9 Å². The first-order valence-corrected chi connectivity index (χ1v) is 10.0. The molecule has 0 fully saturated rings. The maximum atomic E-state index is 12.4. The number of nitrogens with zero attached hydrogens (tertiary/aromatic N) is 1. The zero-order valence-electron chi connectivity index (χ0n) is 17.0. The van der Waals surface area contributed by atoms with E-state index in [4.69, 9.17) is 4.74 Å². The van der Waals surface area contributed by atoms with E-state index in [-0.39, 0.29) is 18.9 Å². The second-order valence-corrected chi connectivity index (χ2v) is 7.36. The van der Waals surface area contributed by atoms with E-state index in [0.29, 0.717) is 5.82 Å². The van der Waals surface area contributed by atoms with E-state index >= 15 is 0 Å². The molecule has 1 unspecified atom stereocenters. The van der Waals surface area contributed by atoms with Gasteiger partial charge in [0.15, 0.2) is 0 Å². The molecule has 1 aliphatic rings. The number of anilines is 1. The van der Waals surface area contributed by atoms with Crippen LogP contribution in [0.1, 0.15) is 22.6 Å². The van der Waals surface area contributed by atoms with Gasteiger partial charge >= 0.3 is 12.1 Å². The summed E-state index contributed by atoms with van der Waals surface area (Å²) in [6.45, 7) is 0.130. The smallest absolute Gasteiger partial charge is 0.407 e. The molecule has 31 heavy (non-hydrogen) atoms. The van der Waals surface area contributed by atoms with Gasteiger partial charge in [0, 0.05) is 25.6 Å². The minimum absolute atomic E-state index is 0.0835. The van der Waals surface area contributed by atoms with Gasteiger partial charge in [0.25, 0.3) is 0 Å². The van der Waals surface area contributed by atoms with Gasteiger partial charge in [0.05, 0.1) is 0 Å². The molecule has 158 valence electrons. The summed E-state index contributed by atoms with van der Waals surface area (Å²) in [6.07, 6.45) is 0.960. The van der Waals surface area contributed by atoms with E-state index in [1.54, 1.807) is 25.4 Å². The number of hydrogen-bond donors (Lipinski definition) is 3. The number of fused-ring (bicyclic) bond motifs is 3. The summed E-state index contributed by atoms with van der Waals surface area (Å²) < 4.78 is 5.46. The van der Waals surface area contributed by atoms with Gasteiger partial charge in [0.2, 0.25) is 0 Å². The number of carboxylic acids is 1. The molecule has 1 aliphatic carbocycles. The van der Waals surface area contributed by atoms with Crippen molar-refractivity contribution in [1.29, 1.82) is 0 Å². The Kier molecular flexibility index (Phi) is 5.84. The normalized spacial score (nSPS) is 13.1. The van der Waals surface area contributed by atoms with Crippen LogP contribution in [0, 0.1) is 0 Å². The van der Waals surface area contributed by atoms with Crippen molar-refractivity contribution in [2.45, 2.75) is 18.4 Å². The van der Waals surface area contributed by atoms with Gasteiger partial charge in [-0.3, -0.25) is 0 Å². The molecule has 3 aromatic rings. The Balaban J connectivity index is 1.43. The zero-order chi connectivity index (χ0) is 21.8. The van der Waals surface area contributed by atoms with Crippen molar-refractivity contribution in [1.82, 2.24) is 10.3 Å². The van der Waals surface area contributed by atoms with Crippen LogP contribution in [0.4, 0.5) is 10.6 Å². The molecule has 1 aromatic heterocycles. The highest BCUT2D eigenvalue weighted by molar-refractivity contribution is 5.81. The number of nitrogens with one attached hydrogen (secondary N) is 2. The first kappa shape index (κ1) is 20.4. The van der Waals surface area contributed by atoms with Crippen LogP contribution in [0.25, 0.3) is 11.1 Å². The zero-order valence-corrected chi connectivity index (χ0v) is 17.0. The maximum Gasteiger partial charge on any atom is 0.407 e. The minimum atomic E-state index is -1.13. The van der Waals surface area contributed by atoms with Crippen molar-refractivity contribution in [3.05, 3.63) is 83.6 Å². The third-order valence-corrected chi connectivity index (χ3v) is 5.45. The van der Waals surface area contributed by atoms with Crippen molar-refractivity contribution >= 4 is 17.9 Å². The van der Waals surface area contributed by atoms with Crippen LogP contribution in [0.5, 0.6) is 0 Å². The molecule has 0 radical (unpaired) electrons. The number of aliphatic carboxylic acids is 1. The number of alkyl carbamates (subject to hydrolysis) is 1. The van der Waals surface area contributed by atoms with E-state index in [0.717, 1.165) is 27.8 Å². The van der Waals surface area contributed by atoms with Gasteiger partial charge in [-0.25, -0.2) is 14.6 Å². The predicted octanol–water partition coefficient (Wildman–Crippen LogP) is 3.66. The lowest BCUT2D eigenvalue weighted by Crippen LogP contribution is -2.42. The molecule has 0 saturated carbocycles. The molecule has 7 nitrogen and oxygen atoms in total. The van der Waals surface area contributed by atoms with Crippen molar-refractivity contribution in [3.63, 3.8) is 0 Å². The summed E-state index contributed by atoms with van der Waals surface area (Å²) in [5.74, 6) is -0.584. The molecule has 7 heteroatoms. The number of pyridine rings is 1. The van der Waals surface area contributed by atoms with E-state index in [9.17, 15) is 14.7 Å². The number of carbonyl (C=O) groups is 2. The number of amides is 1. The van der Waals surface area contributed by atoms with Crippen LogP contribution < -0.4 is 10.6 Å². The van der Waals surface area contributed by atoms with Crippen LogP contribution in [0.3, 0.4) is 0 Å². The van der Waals surface area contributed by atoms with Crippen LogP contribution in [-0.2, 0) is 16.0 Å². The van der Waals surface area contributed by atoms with Crippen LogP contribution in [0.2, 0.25) is 0 Å².